The number of anilines is 1. The van der Waals surface area contributed by atoms with Gasteiger partial charge in [-0.15, -0.1) is 0 Å². The van der Waals surface area contributed by atoms with E-state index in [1.807, 2.05) is 6.92 Å². The van der Waals surface area contributed by atoms with E-state index in [1.165, 1.54) is 18.4 Å². The second kappa shape index (κ2) is 7.55. The Labute approximate surface area is 168 Å². The highest BCUT2D eigenvalue weighted by Gasteiger charge is 2.38. The second-order valence-corrected chi connectivity index (χ2v) is 8.05. The van der Waals surface area contributed by atoms with Crippen molar-refractivity contribution in [3.05, 3.63) is 53.3 Å². The minimum absolute atomic E-state index is 0.0177. The SMILES string of the molecule is CC1=C(C#N)[C@H]2C=CC(C(=O)N(C(=O)OC(C)(C)C)c3ccco3)=C[C@@H](C1)C2=O. The highest BCUT2D eigenvalue weighted by Crippen LogP contribution is 2.36. The molecule has 2 bridgehead atoms. The summed E-state index contributed by atoms with van der Waals surface area (Å²) in [5, 5.41) is 9.39. The standard InChI is InChI=1S/C22H22N2O5/c1-13-10-15-11-14(7-8-16(19(15)25)17(13)12-23)20(26)24(18-6-5-9-28-18)21(27)29-22(2,3)4/h5-9,11,15-16H,10H2,1-4H3/t15-,16-/m1/s1. The molecule has 150 valence electrons. The molecular formula is C22H22N2O5. The van der Waals surface area contributed by atoms with Crippen LogP contribution in [0.2, 0.25) is 0 Å². The maximum Gasteiger partial charge on any atom is 0.424 e. The number of furan rings is 1. The van der Waals surface area contributed by atoms with Gasteiger partial charge in [-0.3, -0.25) is 9.59 Å². The lowest BCUT2D eigenvalue weighted by Gasteiger charge is -2.25. The summed E-state index contributed by atoms with van der Waals surface area (Å²) >= 11 is 0. The number of carbonyl (C=O) groups is 3. The molecule has 2 aliphatic carbocycles. The molecule has 0 N–H and O–H groups in total. The number of nitrogens with zero attached hydrogens (tertiary/aromatic N) is 2. The van der Waals surface area contributed by atoms with E-state index < -0.39 is 29.4 Å². The first-order chi connectivity index (χ1) is 13.6. The van der Waals surface area contributed by atoms with Gasteiger partial charge in [-0.2, -0.15) is 10.2 Å². The van der Waals surface area contributed by atoms with Crippen LogP contribution in [0.5, 0.6) is 0 Å². The number of carbonyl (C=O) groups excluding carboxylic acids is 3. The average molecular weight is 394 g/mol. The van der Waals surface area contributed by atoms with Crippen molar-refractivity contribution in [3.8, 4) is 6.07 Å². The molecule has 0 aliphatic heterocycles. The lowest BCUT2D eigenvalue weighted by Crippen LogP contribution is -2.41. The van der Waals surface area contributed by atoms with Gasteiger partial charge >= 0.3 is 6.09 Å². The predicted octanol–water partition coefficient (Wildman–Crippen LogP) is 4.09. The fourth-order valence-corrected chi connectivity index (χ4v) is 3.40. The number of amides is 2. The molecule has 0 fully saturated rings. The van der Waals surface area contributed by atoms with Gasteiger partial charge in [0, 0.05) is 23.1 Å². The highest BCUT2D eigenvalue weighted by molar-refractivity contribution is 6.19. The Balaban J connectivity index is 1.98. The van der Waals surface area contributed by atoms with Crippen molar-refractivity contribution in [2.75, 3.05) is 4.90 Å². The molecule has 0 unspecified atom stereocenters. The minimum Gasteiger partial charge on any atom is -0.448 e. The van der Waals surface area contributed by atoms with Gasteiger partial charge in [-0.1, -0.05) is 23.8 Å². The van der Waals surface area contributed by atoms with E-state index in [9.17, 15) is 19.6 Å². The zero-order valence-corrected chi connectivity index (χ0v) is 16.8. The molecule has 3 rings (SSSR count). The normalized spacial score (nSPS) is 21.2. The molecule has 0 saturated heterocycles. The van der Waals surface area contributed by atoms with E-state index in [2.05, 4.69) is 6.07 Å². The Morgan fingerprint density at radius 3 is 2.66 bits per heavy atom. The Bertz CT molecular complexity index is 983. The van der Waals surface area contributed by atoms with Crippen molar-refractivity contribution in [2.24, 2.45) is 11.8 Å². The van der Waals surface area contributed by atoms with Crippen molar-refractivity contribution in [3.63, 3.8) is 0 Å². The number of ether oxygens (including phenoxy) is 1. The van der Waals surface area contributed by atoms with Crippen LogP contribution in [0.3, 0.4) is 0 Å². The van der Waals surface area contributed by atoms with Crippen molar-refractivity contribution in [2.45, 2.75) is 39.7 Å². The molecule has 0 aromatic carbocycles. The van der Waals surface area contributed by atoms with Crippen LogP contribution in [-0.2, 0) is 14.3 Å². The molecular weight excluding hydrogens is 372 g/mol. The first-order valence-corrected chi connectivity index (χ1v) is 9.27. The molecule has 0 spiro atoms. The second-order valence-electron chi connectivity index (χ2n) is 8.05. The van der Waals surface area contributed by atoms with E-state index in [4.69, 9.17) is 9.15 Å². The summed E-state index contributed by atoms with van der Waals surface area (Å²) in [4.78, 5) is 39.5. The van der Waals surface area contributed by atoms with E-state index in [0.29, 0.717) is 12.0 Å². The molecule has 1 aromatic rings. The summed E-state index contributed by atoms with van der Waals surface area (Å²) in [5.41, 5.74) is 0.594. The highest BCUT2D eigenvalue weighted by atomic mass is 16.6. The van der Waals surface area contributed by atoms with Crippen LogP contribution < -0.4 is 4.90 Å². The molecule has 1 heterocycles. The molecule has 2 aliphatic rings. The third-order valence-electron chi connectivity index (χ3n) is 4.69. The summed E-state index contributed by atoms with van der Waals surface area (Å²) in [6.07, 6.45) is 5.42. The first-order valence-electron chi connectivity index (χ1n) is 9.27. The number of fused-ring (bicyclic) bond motifs is 2. The van der Waals surface area contributed by atoms with Gasteiger partial charge in [-0.25, -0.2) is 4.79 Å². The van der Waals surface area contributed by atoms with Crippen LogP contribution in [0.25, 0.3) is 0 Å². The lowest BCUT2D eigenvalue weighted by atomic mass is 9.77. The zero-order valence-electron chi connectivity index (χ0n) is 16.8. The van der Waals surface area contributed by atoms with Crippen LogP contribution >= 0.6 is 0 Å². The number of allylic oxidation sites excluding steroid dienone is 4. The van der Waals surface area contributed by atoms with Crippen molar-refractivity contribution < 1.29 is 23.5 Å². The number of imide groups is 1. The van der Waals surface area contributed by atoms with E-state index in [0.717, 1.165) is 10.5 Å². The van der Waals surface area contributed by atoms with Crippen molar-refractivity contribution in [1.29, 1.82) is 5.26 Å². The van der Waals surface area contributed by atoms with Gasteiger partial charge in [0.2, 0.25) is 5.88 Å². The molecule has 1 aromatic heterocycles. The minimum atomic E-state index is -0.877. The Hall–Kier alpha value is -3.40. The van der Waals surface area contributed by atoms with Gasteiger partial charge in [0.15, 0.2) is 5.78 Å². The van der Waals surface area contributed by atoms with Crippen molar-refractivity contribution >= 4 is 23.7 Å². The average Bonchev–Trinajstić information content (AvgIpc) is 3.10. The topological polar surface area (TPSA) is 101 Å². The van der Waals surface area contributed by atoms with Gasteiger partial charge in [-0.05, 0) is 40.2 Å². The number of ketones is 1. The third kappa shape index (κ3) is 4.06. The van der Waals surface area contributed by atoms with Crippen LogP contribution in [0.15, 0.2) is 57.8 Å². The van der Waals surface area contributed by atoms with Crippen LogP contribution in [0, 0.1) is 23.2 Å². The maximum absolute atomic E-state index is 13.3. The summed E-state index contributed by atoms with van der Waals surface area (Å²) in [5.74, 6) is -2.00. The fraction of sp³-hybridized carbons (Fsp3) is 0.364. The number of rotatable bonds is 2. The monoisotopic (exact) mass is 394 g/mol. The molecule has 2 atom stereocenters. The van der Waals surface area contributed by atoms with Crippen molar-refractivity contribution in [1.82, 2.24) is 0 Å². The maximum atomic E-state index is 13.3. The Morgan fingerprint density at radius 2 is 2.07 bits per heavy atom. The van der Waals surface area contributed by atoms with Crippen LogP contribution in [-0.4, -0.2) is 23.4 Å². The predicted molar refractivity (Wildman–Crippen MR) is 105 cm³/mol. The fourth-order valence-electron chi connectivity index (χ4n) is 3.40. The van der Waals surface area contributed by atoms with Gasteiger partial charge < -0.3 is 9.15 Å². The Kier molecular flexibility index (Phi) is 5.29. The number of nitriles is 1. The van der Waals surface area contributed by atoms with Crippen LogP contribution in [0.1, 0.15) is 34.1 Å². The summed E-state index contributed by atoms with van der Waals surface area (Å²) in [7, 11) is 0. The smallest absolute Gasteiger partial charge is 0.424 e. The number of hydrogen-bond donors (Lipinski definition) is 0. The van der Waals surface area contributed by atoms with Gasteiger partial charge in [0.1, 0.15) is 5.60 Å². The van der Waals surface area contributed by atoms with Gasteiger partial charge in [0.05, 0.1) is 18.3 Å². The molecule has 0 saturated carbocycles. The summed E-state index contributed by atoms with van der Waals surface area (Å²) in [6, 6.07) is 5.13. The Morgan fingerprint density at radius 1 is 1.34 bits per heavy atom. The molecule has 29 heavy (non-hydrogen) atoms. The molecule has 2 amide bonds. The largest absolute Gasteiger partial charge is 0.448 e. The third-order valence-corrected chi connectivity index (χ3v) is 4.69. The summed E-state index contributed by atoms with van der Waals surface area (Å²) < 4.78 is 10.6. The van der Waals surface area contributed by atoms with Gasteiger partial charge in [0.25, 0.3) is 5.91 Å². The molecule has 0 radical (unpaired) electrons. The lowest BCUT2D eigenvalue weighted by molar-refractivity contribution is -0.123. The van der Waals surface area contributed by atoms with E-state index in [1.54, 1.807) is 39.0 Å². The van der Waals surface area contributed by atoms with E-state index in [-0.39, 0.29) is 17.2 Å². The quantitative estimate of drug-likeness (QED) is 0.749. The van der Waals surface area contributed by atoms with E-state index >= 15 is 0 Å². The zero-order chi connectivity index (χ0) is 21.3. The molecule has 7 nitrogen and oxygen atoms in total. The number of Topliss-reactive ketones (excluding diaryl/α,β-unsaturated/α-hetero) is 1. The first kappa shape index (κ1) is 20.3. The molecule has 7 heteroatoms. The van der Waals surface area contributed by atoms with Crippen LogP contribution in [0.4, 0.5) is 10.7 Å². The summed E-state index contributed by atoms with van der Waals surface area (Å²) in [6.45, 7) is 6.90. The number of hydrogen-bond acceptors (Lipinski definition) is 6.